The van der Waals surface area contributed by atoms with Gasteiger partial charge in [-0.05, 0) is 43.7 Å². The summed E-state index contributed by atoms with van der Waals surface area (Å²) in [6.07, 6.45) is 5.27. The van der Waals surface area contributed by atoms with Crippen LogP contribution in [0.3, 0.4) is 0 Å². The molecule has 0 heterocycles. The first-order valence-electron chi connectivity index (χ1n) is 7.59. The van der Waals surface area contributed by atoms with Crippen LogP contribution >= 0.6 is 0 Å². The van der Waals surface area contributed by atoms with Gasteiger partial charge in [-0.2, -0.15) is 0 Å². The summed E-state index contributed by atoms with van der Waals surface area (Å²) in [5.74, 6) is -0.886. The number of hydrogen-bond donors (Lipinski definition) is 1. The van der Waals surface area contributed by atoms with E-state index in [4.69, 9.17) is 0 Å². The molecule has 112 valence electrons. The van der Waals surface area contributed by atoms with Gasteiger partial charge in [0.05, 0.1) is 0 Å². The fourth-order valence-electron chi connectivity index (χ4n) is 3.24. The van der Waals surface area contributed by atoms with Crippen molar-refractivity contribution in [2.75, 3.05) is 0 Å². The number of halogens is 2. The quantitative estimate of drug-likeness (QED) is 0.859. The highest BCUT2D eigenvalue weighted by Gasteiger charge is 2.32. The van der Waals surface area contributed by atoms with Crippen molar-refractivity contribution in [1.82, 2.24) is 5.32 Å². The molecular weight excluding hydrogens is 256 g/mol. The molecule has 0 amide bonds. The summed E-state index contributed by atoms with van der Waals surface area (Å²) >= 11 is 0. The van der Waals surface area contributed by atoms with Crippen LogP contribution in [0.1, 0.15) is 52.0 Å². The first-order chi connectivity index (χ1) is 9.40. The number of hydrogen-bond acceptors (Lipinski definition) is 1. The molecule has 1 saturated carbocycles. The topological polar surface area (TPSA) is 12.0 Å². The van der Waals surface area contributed by atoms with Crippen LogP contribution in [0.25, 0.3) is 0 Å². The molecule has 1 fully saturated rings. The zero-order valence-corrected chi connectivity index (χ0v) is 12.7. The summed E-state index contributed by atoms with van der Waals surface area (Å²) in [4.78, 5) is 0. The van der Waals surface area contributed by atoms with Crippen LogP contribution in [-0.4, -0.2) is 12.1 Å². The van der Waals surface area contributed by atoms with Crippen molar-refractivity contribution < 1.29 is 8.78 Å². The van der Waals surface area contributed by atoms with Crippen LogP contribution in [-0.2, 0) is 6.42 Å². The van der Waals surface area contributed by atoms with Crippen molar-refractivity contribution in [3.05, 3.63) is 35.4 Å². The maximum absolute atomic E-state index is 13.7. The molecule has 0 aromatic heterocycles. The molecule has 1 nitrogen and oxygen atoms in total. The maximum atomic E-state index is 13.7. The van der Waals surface area contributed by atoms with Gasteiger partial charge in [-0.25, -0.2) is 8.78 Å². The van der Waals surface area contributed by atoms with E-state index in [-0.39, 0.29) is 17.0 Å². The monoisotopic (exact) mass is 281 g/mol. The van der Waals surface area contributed by atoms with Gasteiger partial charge in [0.2, 0.25) is 0 Å². The summed E-state index contributed by atoms with van der Waals surface area (Å²) in [6, 6.07) is 4.58. The molecular formula is C17H25F2N. The van der Waals surface area contributed by atoms with Gasteiger partial charge in [0.25, 0.3) is 0 Å². The third-order valence-electron chi connectivity index (χ3n) is 4.56. The summed E-state index contributed by atoms with van der Waals surface area (Å²) in [5, 5.41) is 3.58. The molecule has 1 aliphatic carbocycles. The second-order valence-electron chi connectivity index (χ2n) is 6.76. The standard InChI is InChI=1S/C17H25F2N/c1-12(11-13-14(18)7-6-8-15(13)19)20-16-9-4-5-10-17(16,2)3/h6-8,12,16,20H,4-5,9-11H2,1-3H3. The van der Waals surface area contributed by atoms with Crippen molar-refractivity contribution in [3.8, 4) is 0 Å². The van der Waals surface area contributed by atoms with E-state index in [9.17, 15) is 8.78 Å². The van der Waals surface area contributed by atoms with Crippen molar-refractivity contribution in [2.24, 2.45) is 5.41 Å². The molecule has 2 rings (SSSR count). The van der Waals surface area contributed by atoms with Gasteiger partial charge in [0.15, 0.2) is 0 Å². The summed E-state index contributed by atoms with van der Waals surface area (Å²) in [5.41, 5.74) is 0.460. The first-order valence-corrected chi connectivity index (χ1v) is 7.59. The third-order valence-corrected chi connectivity index (χ3v) is 4.56. The summed E-state index contributed by atoms with van der Waals surface area (Å²) in [7, 11) is 0. The molecule has 1 aromatic rings. The largest absolute Gasteiger partial charge is 0.311 e. The molecule has 3 heteroatoms. The molecule has 0 spiro atoms. The highest BCUT2D eigenvalue weighted by Crippen LogP contribution is 2.35. The van der Waals surface area contributed by atoms with Gasteiger partial charge in [-0.3, -0.25) is 0 Å². The Morgan fingerprint density at radius 3 is 2.50 bits per heavy atom. The zero-order valence-electron chi connectivity index (χ0n) is 12.7. The van der Waals surface area contributed by atoms with Crippen LogP contribution in [0.5, 0.6) is 0 Å². The number of rotatable bonds is 4. The van der Waals surface area contributed by atoms with Gasteiger partial charge in [0, 0.05) is 17.6 Å². The predicted octanol–water partition coefficient (Wildman–Crippen LogP) is 4.45. The highest BCUT2D eigenvalue weighted by atomic mass is 19.1. The minimum atomic E-state index is -0.443. The average molecular weight is 281 g/mol. The van der Waals surface area contributed by atoms with Gasteiger partial charge in [-0.15, -0.1) is 0 Å². The van der Waals surface area contributed by atoms with Crippen LogP contribution < -0.4 is 5.32 Å². The highest BCUT2D eigenvalue weighted by molar-refractivity contribution is 5.20. The molecule has 0 radical (unpaired) electrons. The molecule has 1 N–H and O–H groups in total. The second kappa shape index (κ2) is 6.21. The van der Waals surface area contributed by atoms with E-state index in [1.165, 1.54) is 37.5 Å². The van der Waals surface area contributed by atoms with Crippen LogP contribution in [0.2, 0.25) is 0 Å². The van der Waals surface area contributed by atoms with E-state index < -0.39 is 11.6 Å². The molecule has 1 aromatic carbocycles. The molecule has 2 atom stereocenters. The average Bonchev–Trinajstić information content (AvgIpc) is 2.36. The third kappa shape index (κ3) is 3.57. The molecule has 2 unspecified atom stereocenters. The summed E-state index contributed by atoms with van der Waals surface area (Å²) in [6.45, 7) is 6.57. The lowest BCUT2D eigenvalue weighted by molar-refractivity contribution is 0.157. The van der Waals surface area contributed by atoms with Gasteiger partial charge in [0.1, 0.15) is 11.6 Å². The number of nitrogens with one attached hydrogen (secondary N) is 1. The molecule has 1 aliphatic rings. The lowest BCUT2D eigenvalue weighted by atomic mass is 9.73. The molecule has 0 saturated heterocycles. The van der Waals surface area contributed by atoms with Crippen LogP contribution in [0, 0.1) is 17.0 Å². The van der Waals surface area contributed by atoms with Crippen molar-refractivity contribution >= 4 is 0 Å². The van der Waals surface area contributed by atoms with Gasteiger partial charge < -0.3 is 5.32 Å². The van der Waals surface area contributed by atoms with Crippen LogP contribution in [0.4, 0.5) is 8.78 Å². The predicted molar refractivity (Wildman–Crippen MR) is 78.7 cm³/mol. The fourth-order valence-corrected chi connectivity index (χ4v) is 3.24. The normalized spacial score (nSPS) is 23.6. The first kappa shape index (κ1) is 15.4. The Morgan fingerprint density at radius 2 is 1.90 bits per heavy atom. The minimum absolute atomic E-state index is 0.0729. The van der Waals surface area contributed by atoms with Crippen molar-refractivity contribution in [2.45, 2.75) is 65.0 Å². The van der Waals surface area contributed by atoms with Crippen molar-refractivity contribution in [1.29, 1.82) is 0 Å². The van der Waals surface area contributed by atoms with Gasteiger partial charge >= 0.3 is 0 Å². The van der Waals surface area contributed by atoms with E-state index >= 15 is 0 Å². The molecule has 0 bridgehead atoms. The van der Waals surface area contributed by atoms with E-state index in [1.54, 1.807) is 0 Å². The Labute approximate surface area is 120 Å². The summed E-state index contributed by atoms with van der Waals surface area (Å²) < 4.78 is 27.3. The lowest BCUT2D eigenvalue weighted by Gasteiger charge is -2.40. The number of benzene rings is 1. The molecule has 0 aliphatic heterocycles. The maximum Gasteiger partial charge on any atom is 0.129 e. The van der Waals surface area contributed by atoms with E-state index in [0.29, 0.717) is 12.5 Å². The smallest absolute Gasteiger partial charge is 0.129 e. The Balaban J connectivity index is 2.00. The van der Waals surface area contributed by atoms with E-state index in [2.05, 4.69) is 19.2 Å². The van der Waals surface area contributed by atoms with E-state index in [0.717, 1.165) is 6.42 Å². The molecule has 20 heavy (non-hydrogen) atoms. The van der Waals surface area contributed by atoms with Gasteiger partial charge in [-0.1, -0.05) is 32.8 Å². The minimum Gasteiger partial charge on any atom is -0.311 e. The SMILES string of the molecule is CC(Cc1c(F)cccc1F)NC1CCCCC1(C)C. The Bertz CT molecular complexity index is 436. The Kier molecular flexibility index (Phi) is 4.79. The van der Waals surface area contributed by atoms with E-state index in [1.807, 2.05) is 6.92 Å². The fraction of sp³-hybridized carbons (Fsp3) is 0.647. The lowest BCUT2D eigenvalue weighted by Crippen LogP contribution is -2.48. The second-order valence-corrected chi connectivity index (χ2v) is 6.76. The zero-order chi connectivity index (χ0) is 14.8. The Morgan fingerprint density at radius 1 is 1.25 bits per heavy atom. The Hall–Kier alpha value is -0.960. The van der Waals surface area contributed by atoms with Crippen LogP contribution in [0.15, 0.2) is 18.2 Å². The van der Waals surface area contributed by atoms with Crippen molar-refractivity contribution in [3.63, 3.8) is 0 Å².